The van der Waals surface area contributed by atoms with Crippen molar-refractivity contribution in [1.29, 1.82) is 0 Å². The van der Waals surface area contributed by atoms with Gasteiger partial charge in [-0.15, -0.1) is 0 Å². The summed E-state index contributed by atoms with van der Waals surface area (Å²) in [6, 6.07) is 0. The van der Waals surface area contributed by atoms with E-state index in [0.717, 1.165) is 4.90 Å². The predicted molar refractivity (Wildman–Crippen MR) is 69.2 cm³/mol. The largest absolute Gasteiger partial charge is 0.482 e. The zero-order valence-corrected chi connectivity index (χ0v) is 12.1. The second kappa shape index (κ2) is 7.42. The number of carbonyl (C=O) groups is 2. The minimum absolute atomic E-state index is 0.0567. The van der Waals surface area contributed by atoms with Crippen LogP contribution in [0.3, 0.4) is 0 Å². The van der Waals surface area contributed by atoms with Crippen molar-refractivity contribution < 1.29 is 28.5 Å². The first-order chi connectivity index (χ1) is 9.60. The van der Waals surface area contributed by atoms with Crippen LogP contribution in [-0.2, 0) is 23.7 Å². The van der Waals surface area contributed by atoms with E-state index < -0.39 is 12.1 Å². The average Bonchev–Trinajstić information content (AvgIpc) is 2.45. The van der Waals surface area contributed by atoms with E-state index in [1.807, 2.05) is 0 Å². The van der Waals surface area contributed by atoms with Gasteiger partial charge in [-0.05, 0) is 19.9 Å². The molecule has 0 atom stereocenters. The van der Waals surface area contributed by atoms with Crippen LogP contribution in [0.2, 0.25) is 0 Å². The Morgan fingerprint density at radius 2 is 1.80 bits per heavy atom. The molecule has 20 heavy (non-hydrogen) atoms. The zero-order chi connectivity index (χ0) is 15.1. The molecule has 0 aromatic rings. The molecule has 0 aromatic carbocycles. The average molecular weight is 285 g/mol. The van der Waals surface area contributed by atoms with E-state index in [2.05, 4.69) is 0 Å². The van der Waals surface area contributed by atoms with Crippen LogP contribution in [0.15, 0.2) is 23.4 Å². The number of esters is 1. The summed E-state index contributed by atoms with van der Waals surface area (Å²) >= 11 is 0. The lowest BCUT2D eigenvalue weighted by atomic mass is 10.1. The van der Waals surface area contributed by atoms with Gasteiger partial charge in [0.2, 0.25) is 11.8 Å². The van der Waals surface area contributed by atoms with Crippen LogP contribution in [0, 0.1) is 0 Å². The number of hydrogen-bond acceptors (Lipinski definition) is 6. The van der Waals surface area contributed by atoms with Gasteiger partial charge in [-0.25, -0.2) is 9.59 Å². The normalized spacial score (nSPS) is 14.6. The molecule has 0 saturated carbocycles. The van der Waals surface area contributed by atoms with E-state index in [-0.39, 0.29) is 37.0 Å². The summed E-state index contributed by atoms with van der Waals surface area (Å²) in [5.74, 6) is -0.236. The second-order valence-electron chi connectivity index (χ2n) is 3.69. The van der Waals surface area contributed by atoms with Gasteiger partial charge in [0.25, 0.3) is 0 Å². The van der Waals surface area contributed by atoms with Gasteiger partial charge < -0.3 is 18.9 Å². The van der Waals surface area contributed by atoms with E-state index in [1.165, 1.54) is 14.2 Å². The highest BCUT2D eigenvalue weighted by Gasteiger charge is 2.34. The monoisotopic (exact) mass is 285 g/mol. The van der Waals surface area contributed by atoms with Crippen molar-refractivity contribution in [2.24, 2.45) is 0 Å². The Kier molecular flexibility index (Phi) is 5.89. The Morgan fingerprint density at radius 1 is 1.15 bits per heavy atom. The SMILES string of the molecule is CCOC(=O)C1=C(OC)N(C(=O)OCC)C(OC)=CC1. The molecule has 1 rings (SSSR count). The zero-order valence-electron chi connectivity index (χ0n) is 12.1. The molecule has 0 fully saturated rings. The van der Waals surface area contributed by atoms with Crippen molar-refractivity contribution in [3.8, 4) is 0 Å². The third kappa shape index (κ3) is 3.23. The van der Waals surface area contributed by atoms with Crippen LogP contribution >= 0.6 is 0 Å². The minimum atomic E-state index is -0.682. The number of carbonyl (C=O) groups excluding carboxylic acids is 2. The van der Waals surface area contributed by atoms with Gasteiger partial charge in [-0.2, -0.15) is 4.90 Å². The Labute approximate surface area is 117 Å². The van der Waals surface area contributed by atoms with Gasteiger partial charge in [0.15, 0.2) is 0 Å². The maximum atomic E-state index is 12.0. The minimum Gasteiger partial charge on any atom is -0.482 e. The molecule has 0 saturated heterocycles. The standard InChI is InChI=1S/C13H19NO6/c1-5-19-12(15)9-7-8-10(17-3)14(11(9)18-4)13(16)20-6-2/h8H,5-7H2,1-4H3. The molecule has 0 bridgehead atoms. The molecule has 0 aromatic heterocycles. The van der Waals surface area contributed by atoms with Gasteiger partial charge in [0.1, 0.15) is 5.57 Å². The fraction of sp³-hybridized carbons (Fsp3) is 0.538. The van der Waals surface area contributed by atoms with Crippen molar-refractivity contribution in [2.75, 3.05) is 27.4 Å². The lowest BCUT2D eigenvalue weighted by molar-refractivity contribution is -0.139. The van der Waals surface area contributed by atoms with Gasteiger partial charge in [0, 0.05) is 6.42 Å². The molecule has 1 aliphatic rings. The van der Waals surface area contributed by atoms with E-state index in [1.54, 1.807) is 19.9 Å². The fourth-order valence-electron chi connectivity index (χ4n) is 1.74. The van der Waals surface area contributed by atoms with Gasteiger partial charge >= 0.3 is 12.1 Å². The third-order valence-electron chi connectivity index (χ3n) is 2.54. The number of nitrogens with zero attached hydrogens (tertiary/aromatic N) is 1. The third-order valence-corrected chi connectivity index (χ3v) is 2.54. The molecule has 0 unspecified atom stereocenters. The lowest BCUT2D eigenvalue weighted by Crippen LogP contribution is -2.36. The maximum Gasteiger partial charge on any atom is 0.423 e. The van der Waals surface area contributed by atoms with Gasteiger partial charge in [-0.1, -0.05) is 0 Å². The molecular formula is C13H19NO6. The highest BCUT2D eigenvalue weighted by molar-refractivity contribution is 5.90. The van der Waals surface area contributed by atoms with Crippen molar-refractivity contribution >= 4 is 12.1 Å². The highest BCUT2D eigenvalue weighted by atomic mass is 16.6. The molecule has 0 spiro atoms. The van der Waals surface area contributed by atoms with Gasteiger partial charge in [0.05, 0.1) is 27.4 Å². The molecular weight excluding hydrogens is 266 g/mol. The van der Waals surface area contributed by atoms with E-state index >= 15 is 0 Å². The van der Waals surface area contributed by atoms with Gasteiger partial charge in [-0.3, -0.25) is 0 Å². The molecule has 112 valence electrons. The number of ether oxygens (including phenoxy) is 4. The molecule has 1 amide bonds. The Balaban J connectivity index is 3.16. The van der Waals surface area contributed by atoms with Crippen molar-refractivity contribution in [1.82, 2.24) is 4.90 Å². The van der Waals surface area contributed by atoms with Crippen LogP contribution in [0.5, 0.6) is 0 Å². The summed E-state index contributed by atoms with van der Waals surface area (Å²) in [6.07, 6.45) is 1.16. The molecule has 1 heterocycles. The van der Waals surface area contributed by atoms with Crippen LogP contribution in [-0.4, -0.2) is 44.4 Å². The number of rotatable bonds is 5. The fourth-order valence-corrected chi connectivity index (χ4v) is 1.74. The first-order valence-electron chi connectivity index (χ1n) is 6.25. The van der Waals surface area contributed by atoms with E-state index in [9.17, 15) is 9.59 Å². The summed E-state index contributed by atoms with van der Waals surface area (Å²) < 4.78 is 20.2. The molecule has 1 aliphatic heterocycles. The second-order valence-corrected chi connectivity index (χ2v) is 3.69. The Morgan fingerprint density at radius 3 is 2.30 bits per heavy atom. The Hall–Kier alpha value is -2.18. The number of methoxy groups -OCH3 is 2. The van der Waals surface area contributed by atoms with Crippen molar-refractivity contribution in [2.45, 2.75) is 20.3 Å². The number of allylic oxidation sites excluding steroid dienone is 1. The maximum absolute atomic E-state index is 12.0. The topological polar surface area (TPSA) is 74.3 Å². The summed E-state index contributed by atoms with van der Waals surface area (Å²) in [6.45, 7) is 3.81. The number of hydrogen-bond donors (Lipinski definition) is 0. The summed E-state index contributed by atoms with van der Waals surface area (Å²) in [7, 11) is 2.78. The Bertz CT molecular complexity index is 440. The summed E-state index contributed by atoms with van der Waals surface area (Å²) in [4.78, 5) is 24.9. The predicted octanol–water partition coefficient (Wildman–Crippen LogP) is 1.76. The highest BCUT2D eigenvalue weighted by Crippen LogP contribution is 2.28. The smallest absolute Gasteiger partial charge is 0.423 e. The molecule has 7 nitrogen and oxygen atoms in total. The van der Waals surface area contributed by atoms with Crippen LogP contribution in [0.1, 0.15) is 20.3 Å². The number of amides is 1. The van der Waals surface area contributed by atoms with Crippen LogP contribution in [0.4, 0.5) is 4.79 Å². The molecule has 0 aliphatic carbocycles. The summed E-state index contributed by atoms with van der Waals surface area (Å²) in [5.41, 5.74) is 0.239. The van der Waals surface area contributed by atoms with E-state index in [0.29, 0.717) is 0 Å². The first kappa shape index (κ1) is 15.9. The summed E-state index contributed by atoms with van der Waals surface area (Å²) in [5, 5.41) is 0. The van der Waals surface area contributed by atoms with E-state index in [4.69, 9.17) is 18.9 Å². The van der Waals surface area contributed by atoms with Crippen molar-refractivity contribution in [3.63, 3.8) is 0 Å². The molecule has 0 N–H and O–H groups in total. The molecule has 7 heteroatoms. The quantitative estimate of drug-likeness (QED) is 0.716. The van der Waals surface area contributed by atoms with Crippen LogP contribution < -0.4 is 0 Å². The molecule has 0 radical (unpaired) electrons. The lowest BCUT2D eigenvalue weighted by Gasteiger charge is -2.28. The van der Waals surface area contributed by atoms with Crippen molar-refractivity contribution in [3.05, 3.63) is 23.4 Å². The van der Waals surface area contributed by atoms with Crippen LogP contribution in [0.25, 0.3) is 0 Å². The first-order valence-corrected chi connectivity index (χ1v) is 6.25.